The van der Waals surface area contributed by atoms with Crippen LogP contribution in [0.3, 0.4) is 0 Å². The molecule has 0 radical (unpaired) electrons. The van der Waals surface area contributed by atoms with E-state index in [2.05, 4.69) is 11.8 Å². The topological polar surface area (TPSA) is 3.24 Å². The van der Waals surface area contributed by atoms with E-state index in [0.717, 1.165) is 31.5 Å². The van der Waals surface area contributed by atoms with Gasteiger partial charge in [0.15, 0.2) is 0 Å². The third kappa shape index (κ3) is 5.24. The van der Waals surface area contributed by atoms with Crippen LogP contribution in [0, 0.1) is 5.82 Å². The standard InChI is InChI=1S/C13H18Cl2FN/c1-2-3-7-17(8-6-14)10-11-9-12(16)4-5-13(11)15/h4-5,9H,2-3,6-8,10H2,1H3. The third-order valence-corrected chi connectivity index (χ3v) is 3.17. The minimum absolute atomic E-state index is 0.245. The van der Waals surface area contributed by atoms with Crippen LogP contribution in [-0.2, 0) is 6.54 Å². The lowest BCUT2D eigenvalue weighted by Crippen LogP contribution is -2.26. The van der Waals surface area contributed by atoms with Gasteiger partial charge < -0.3 is 0 Å². The molecule has 0 aliphatic heterocycles. The molecule has 1 aromatic rings. The number of rotatable bonds is 7. The van der Waals surface area contributed by atoms with Crippen molar-refractivity contribution in [2.45, 2.75) is 26.3 Å². The Morgan fingerprint density at radius 1 is 1.29 bits per heavy atom. The zero-order valence-corrected chi connectivity index (χ0v) is 11.6. The van der Waals surface area contributed by atoms with Crippen LogP contribution in [0.1, 0.15) is 25.3 Å². The van der Waals surface area contributed by atoms with E-state index in [1.807, 2.05) is 0 Å². The van der Waals surface area contributed by atoms with Crippen molar-refractivity contribution in [1.29, 1.82) is 0 Å². The third-order valence-electron chi connectivity index (χ3n) is 2.63. The SMILES string of the molecule is CCCCN(CCCl)Cc1cc(F)ccc1Cl. The second-order valence-electron chi connectivity index (χ2n) is 4.05. The fraction of sp³-hybridized carbons (Fsp3) is 0.538. The molecule has 1 aromatic carbocycles. The van der Waals surface area contributed by atoms with Crippen molar-refractivity contribution in [2.24, 2.45) is 0 Å². The molecule has 0 unspecified atom stereocenters. The van der Waals surface area contributed by atoms with Crippen LogP contribution in [-0.4, -0.2) is 23.9 Å². The predicted octanol–water partition coefficient (Wildman–Crippen LogP) is 4.32. The molecule has 0 fully saturated rings. The highest BCUT2D eigenvalue weighted by molar-refractivity contribution is 6.31. The van der Waals surface area contributed by atoms with Gasteiger partial charge in [0.05, 0.1) is 0 Å². The van der Waals surface area contributed by atoms with Gasteiger partial charge in [-0.15, -0.1) is 11.6 Å². The van der Waals surface area contributed by atoms with E-state index in [9.17, 15) is 4.39 Å². The van der Waals surface area contributed by atoms with Gasteiger partial charge in [0.25, 0.3) is 0 Å². The smallest absolute Gasteiger partial charge is 0.123 e. The average molecular weight is 278 g/mol. The highest BCUT2D eigenvalue weighted by atomic mass is 35.5. The Hall–Kier alpha value is -0.310. The Bertz CT molecular complexity index is 344. The van der Waals surface area contributed by atoms with Crippen molar-refractivity contribution in [1.82, 2.24) is 4.90 Å². The van der Waals surface area contributed by atoms with Gasteiger partial charge in [-0.1, -0.05) is 24.9 Å². The number of alkyl halides is 1. The number of hydrogen-bond donors (Lipinski definition) is 0. The first-order valence-corrected chi connectivity index (χ1v) is 6.81. The zero-order chi connectivity index (χ0) is 12.7. The van der Waals surface area contributed by atoms with Crippen molar-refractivity contribution in [3.8, 4) is 0 Å². The van der Waals surface area contributed by atoms with Gasteiger partial charge >= 0.3 is 0 Å². The number of nitrogens with zero attached hydrogens (tertiary/aromatic N) is 1. The van der Waals surface area contributed by atoms with E-state index in [0.29, 0.717) is 17.4 Å². The van der Waals surface area contributed by atoms with Crippen LogP contribution in [0.5, 0.6) is 0 Å². The lowest BCUT2D eigenvalue weighted by atomic mass is 10.2. The van der Waals surface area contributed by atoms with Gasteiger partial charge in [0.1, 0.15) is 5.82 Å². The molecular formula is C13H18Cl2FN. The molecule has 0 atom stereocenters. The Morgan fingerprint density at radius 2 is 2.06 bits per heavy atom. The first kappa shape index (κ1) is 14.7. The molecule has 1 nitrogen and oxygen atoms in total. The van der Waals surface area contributed by atoms with Crippen molar-refractivity contribution in [3.05, 3.63) is 34.6 Å². The highest BCUT2D eigenvalue weighted by Crippen LogP contribution is 2.19. The molecule has 0 aromatic heterocycles. The molecule has 0 spiro atoms. The van der Waals surface area contributed by atoms with Crippen LogP contribution in [0.4, 0.5) is 4.39 Å². The Balaban J connectivity index is 2.67. The second kappa shape index (κ2) is 7.91. The Kier molecular flexibility index (Phi) is 6.86. The van der Waals surface area contributed by atoms with Gasteiger partial charge in [-0.25, -0.2) is 4.39 Å². The van der Waals surface area contributed by atoms with Crippen LogP contribution in [0.15, 0.2) is 18.2 Å². The number of hydrogen-bond acceptors (Lipinski definition) is 1. The van der Waals surface area contributed by atoms with Gasteiger partial charge in [-0.05, 0) is 36.7 Å². The summed E-state index contributed by atoms with van der Waals surface area (Å²) in [6.07, 6.45) is 2.25. The quantitative estimate of drug-likeness (QED) is 0.671. The van der Waals surface area contributed by atoms with Crippen molar-refractivity contribution >= 4 is 23.2 Å². The minimum atomic E-state index is -0.245. The van der Waals surface area contributed by atoms with E-state index in [4.69, 9.17) is 23.2 Å². The first-order chi connectivity index (χ1) is 8.17. The van der Waals surface area contributed by atoms with Crippen LogP contribution in [0.2, 0.25) is 5.02 Å². The minimum Gasteiger partial charge on any atom is -0.298 e. The summed E-state index contributed by atoms with van der Waals surface area (Å²) in [5.74, 6) is 0.335. The maximum atomic E-state index is 13.1. The highest BCUT2D eigenvalue weighted by Gasteiger charge is 2.08. The van der Waals surface area contributed by atoms with E-state index >= 15 is 0 Å². The largest absolute Gasteiger partial charge is 0.298 e. The number of halogens is 3. The summed E-state index contributed by atoms with van der Waals surface area (Å²) in [6, 6.07) is 4.48. The van der Waals surface area contributed by atoms with Crippen LogP contribution < -0.4 is 0 Å². The molecule has 0 saturated carbocycles. The lowest BCUT2D eigenvalue weighted by Gasteiger charge is -2.21. The van der Waals surface area contributed by atoms with Gasteiger partial charge in [0, 0.05) is 24.0 Å². The summed E-state index contributed by atoms with van der Waals surface area (Å²) in [4.78, 5) is 2.21. The van der Waals surface area contributed by atoms with Crippen molar-refractivity contribution in [3.63, 3.8) is 0 Å². The molecule has 0 bridgehead atoms. The predicted molar refractivity (Wildman–Crippen MR) is 72.3 cm³/mol. The van der Waals surface area contributed by atoms with Gasteiger partial charge in [-0.2, -0.15) is 0 Å². The maximum absolute atomic E-state index is 13.1. The van der Waals surface area contributed by atoms with E-state index < -0.39 is 0 Å². The zero-order valence-electron chi connectivity index (χ0n) is 10.1. The molecule has 0 aliphatic carbocycles. The summed E-state index contributed by atoms with van der Waals surface area (Å²) in [5.41, 5.74) is 0.827. The molecule has 0 amide bonds. The number of unbranched alkanes of at least 4 members (excludes halogenated alkanes) is 1. The fourth-order valence-corrected chi connectivity index (χ4v) is 2.09. The average Bonchev–Trinajstić information content (AvgIpc) is 2.31. The van der Waals surface area contributed by atoms with Gasteiger partial charge in [-0.3, -0.25) is 4.90 Å². The molecular weight excluding hydrogens is 260 g/mol. The molecule has 0 aliphatic rings. The lowest BCUT2D eigenvalue weighted by molar-refractivity contribution is 0.276. The summed E-state index contributed by atoms with van der Waals surface area (Å²) in [6.45, 7) is 4.57. The van der Waals surface area contributed by atoms with Crippen LogP contribution in [0.25, 0.3) is 0 Å². The molecule has 0 heterocycles. The summed E-state index contributed by atoms with van der Waals surface area (Å²) < 4.78 is 13.1. The normalized spacial score (nSPS) is 11.1. The summed E-state index contributed by atoms with van der Waals surface area (Å²) in [7, 11) is 0. The van der Waals surface area contributed by atoms with Crippen molar-refractivity contribution < 1.29 is 4.39 Å². The maximum Gasteiger partial charge on any atom is 0.123 e. The van der Waals surface area contributed by atoms with E-state index in [1.54, 1.807) is 6.07 Å². The summed E-state index contributed by atoms with van der Waals surface area (Å²) >= 11 is 11.8. The Morgan fingerprint density at radius 3 is 2.71 bits per heavy atom. The second-order valence-corrected chi connectivity index (χ2v) is 4.84. The number of benzene rings is 1. The molecule has 17 heavy (non-hydrogen) atoms. The molecule has 0 N–H and O–H groups in total. The van der Waals surface area contributed by atoms with E-state index in [-0.39, 0.29) is 5.82 Å². The first-order valence-electron chi connectivity index (χ1n) is 5.89. The van der Waals surface area contributed by atoms with E-state index in [1.165, 1.54) is 12.1 Å². The Labute approximate surface area is 113 Å². The summed E-state index contributed by atoms with van der Waals surface area (Å²) in [5, 5.41) is 0.613. The van der Waals surface area contributed by atoms with Crippen LogP contribution >= 0.6 is 23.2 Å². The molecule has 96 valence electrons. The molecule has 1 rings (SSSR count). The monoisotopic (exact) mass is 277 g/mol. The molecule has 0 saturated heterocycles. The fourth-order valence-electron chi connectivity index (χ4n) is 1.68. The van der Waals surface area contributed by atoms with Gasteiger partial charge in [0.2, 0.25) is 0 Å². The van der Waals surface area contributed by atoms with Crippen molar-refractivity contribution in [2.75, 3.05) is 19.0 Å². The molecule has 4 heteroatoms.